The monoisotopic (exact) mass is 287 g/mol. The Morgan fingerprint density at radius 1 is 1.22 bits per heavy atom. The van der Waals surface area contributed by atoms with Gasteiger partial charge in [0.2, 0.25) is 0 Å². The van der Waals surface area contributed by atoms with E-state index in [0.29, 0.717) is 22.6 Å². The smallest absolute Gasteiger partial charge is 0.0558 e. The van der Waals surface area contributed by atoms with Crippen molar-refractivity contribution in [2.75, 3.05) is 13.2 Å². The van der Waals surface area contributed by atoms with E-state index in [1.54, 1.807) is 6.07 Å². The predicted octanol–water partition coefficient (Wildman–Crippen LogP) is 3.73. The first-order chi connectivity index (χ1) is 8.70. The van der Waals surface area contributed by atoms with Crippen LogP contribution in [0.25, 0.3) is 0 Å². The molecular weight excluding hydrogens is 269 g/mol. The molecule has 1 fully saturated rings. The normalized spacial score (nSPS) is 16.7. The minimum Gasteiger partial charge on any atom is -0.395 e. The molecule has 1 aromatic rings. The molecule has 0 unspecified atom stereocenters. The molecule has 0 amide bonds. The summed E-state index contributed by atoms with van der Waals surface area (Å²) >= 11 is 12.1. The summed E-state index contributed by atoms with van der Waals surface area (Å²) in [5, 5.41) is 10.6. The number of halogens is 2. The molecule has 2 rings (SSSR count). The van der Waals surface area contributed by atoms with Crippen LogP contribution in [0.5, 0.6) is 0 Å². The second kappa shape index (κ2) is 6.76. The highest BCUT2D eigenvalue weighted by atomic mass is 35.5. The lowest BCUT2D eigenvalue weighted by Gasteiger charge is -2.28. The van der Waals surface area contributed by atoms with E-state index in [9.17, 15) is 5.11 Å². The Morgan fingerprint density at radius 3 is 2.56 bits per heavy atom. The minimum absolute atomic E-state index is 0.196. The van der Waals surface area contributed by atoms with E-state index in [2.05, 4.69) is 4.90 Å². The zero-order valence-corrected chi connectivity index (χ0v) is 11.9. The lowest BCUT2D eigenvalue weighted by atomic mass is 10.1. The van der Waals surface area contributed by atoms with Gasteiger partial charge in [-0.3, -0.25) is 4.90 Å². The summed E-state index contributed by atoms with van der Waals surface area (Å²) in [4.78, 5) is 2.34. The van der Waals surface area contributed by atoms with Crippen LogP contribution >= 0.6 is 23.2 Å². The third-order valence-electron chi connectivity index (χ3n) is 3.62. The fourth-order valence-electron chi connectivity index (χ4n) is 2.66. The maximum absolute atomic E-state index is 9.19. The molecule has 0 aliphatic heterocycles. The molecule has 100 valence electrons. The van der Waals surface area contributed by atoms with Crippen LogP contribution in [-0.4, -0.2) is 29.2 Å². The van der Waals surface area contributed by atoms with E-state index in [1.165, 1.54) is 25.7 Å². The molecule has 0 heterocycles. The van der Waals surface area contributed by atoms with E-state index in [1.807, 2.05) is 12.1 Å². The van der Waals surface area contributed by atoms with E-state index in [4.69, 9.17) is 23.2 Å². The van der Waals surface area contributed by atoms with Gasteiger partial charge in [0, 0.05) is 29.2 Å². The molecule has 1 N–H and O–H groups in total. The Balaban J connectivity index is 2.07. The number of hydrogen-bond donors (Lipinski definition) is 1. The zero-order valence-electron chi connectivity index (χ0n) is 10.4. The SMILES string of the molecule is OCCN(Cc1ccc(Cl)cc1Cl)C1CCCC1. The molecule has 1 aromatic carbocycles. The average molecular weight is 288 g/mol. The van der Waals surface area contributed by atoms with Crippen LogP contribution in [0.1, 0.15) is 31.2 Å². The molecular formula is C14H19Cl2NO. The summed E-state index contributed by atoms with van der Waals surface area (Å²) in [6.07, 6.45) is 5.04. The van der Waals surface area contributed by atoms with E-state index >= 15 is 0 Å². The van der Waals surface area contributed by atoms with Crippen molar-refractivity contribution < 1.29 is 5.11 Å². The van der Waals surface area contributed by atoms with Crippen molar-refractivity contribution in [1.29, 1.82) is 0 Å². The maximum atomic E-state index is 9.19. The Bertz CT molecular complexity index is 391. The van der Waals surface area contributed by atoms with Crippen LogP contribution in [0.2, 0.25) is 10.0 Å². The van der Waals surface area contributed by atoms with Gasteiger partial charge in [0.1, 0.15) is 0 Å². The molecule has 18 heavy (non-hydrogen) atoms. The number of benzene rings is 1. The first-order valence-electron chi connectivity index (χ1n) is 6.49. The minimum atomic E-state index is 0.196. The molecule has 0 atom stereocenters. The predicted molar refractivity (Wildman–Crippen MR) is 76.2 cm³/mol. The number of rotatable bonds is 5. The van der Waals surface area contributed by atoms with Crippen LogP contribution in [0.3, 0.4) is 0 Å². The molecule has 1 aliphatic rings. The van der Waals surface area contributed by atoms with Gasteiger partial charge >= 0.3 is 0 Å². The Morgan fingerprint density at radius 2 is 1.94 bits per heavy atom. The van der Waals surface area contributed by atoms with Crippen molar-refractivity contribution in [3.63, 3.8) is 0 Å². The van der Waals surface area contributed by atoms with Crippen LogP contribution in [0.15, 0.2) is 18.2 Å². The topological polar surface area (TPSA) is 23.5 Å². The zero-order chi connectivity index (χ0) is 13.0. The van der Waals surface area contributed by atoms with Crippen molar-refractivity contribution in [2.24, 2.45) is 0 Å². The third kappa shape index (κ3) is 3.61. The van der Waals surface area contributed by atoms with Gasteiger partial charge in [-0.2, -0.15) is 0 Å². The third-order valence-corrected chi connectivity index (χ3v) is 4.20. The quantitative estimate of drug-likeness (QED) is 0.892. The molecule has 0 saturated heterocycles. The highest BCUT2D eigenvalue weighted by Crippen LogP contribution is 2.27. The largest absolute Gasteiger partial charge is 0.395 e. The first-order valence-corrected chi connectivity index (χ1v) is 7.25. The van der Waals surface area contributed by atoms with Crippen molar-refractivity contribution in [2.45, 2.75) is 38.3 Å². The van der Waals surface area contributed by atoms with E-state index < -0.39 is 0 Å². The summed E-state index contributed by atoms with van der Waals surface area (Å²) in [5.74, 6) is 0. The Labute approximate surface area is 119 Å². The Hall–Kier alpha value is -0.280. The molecule has 4 heteroatoms. The van der Waals surface area contributed by atoms with Gasteiger partial charge in [-0.25, -0.2) is 0 Å². The van der Waals surface area contributed by atoms with Gasteiger partial charge in [-0.15, -0.1) is 0 Å². The van der Waals surface area contributed by atoms with Crippen LogP contribution in [-0.2, 0) is 6.54 Å². The van der Waals surface area contributed by atoms with Crippen molar-refractivity contribution in [1.82, 2.24) is 4.90 Å². The van der Waals surface area contributed by atoms with Crippen LogP contribution in [0, 0.1) is 0 Å². The molecule has 1 aliphatic carbocycles. The Kier molecular flexibility index (Phi) is 5.31. The lowest BCUT2D eigenvalue weighted by molar-refractivity contribution is 0.145. The molecule has 2 nitrogen and oxygen atoms in total. The maximum Gasteiger partial charge on any atom is 0.0558 e. The fraction of sp³-hybridized carbons (Fsp3) is 0.571. The standard InChI is InChI=1S/C14H19Cl2NO/c15-12-6-5-11(14(16)9-12)10-17(7-8-18)13-3-1-2-4-13/h5-6,9,13,18H,1-4,7-8,10H2. The second-order valence-electron chi connectivity index (χ2n) is 4.87. The highest BCUT2D eigenvalue weighted by Gasteiger charge is 2.22. The number of aliphatic hydroxyl groups excluding tert-OH is 1. The van der Waals surface area contributed by atoms with Gasteiger partial charge in [0.15, 0.2) is 0 Å². The average Bonchev–Trinajstić information content (AvgIpc) is 2.85. The lowest BCUT2D eigenvalue weighted by Crippen LogP contribution is -2.35. The molecule has 1 saturated carbocycles. The van der Waals surface area contributed by atoms with Crippen LogP contribution < -0.4 is 0 Å². The summed E-state index contributed by atoms with van der Waals surface area (Å²) in [7, 11) is 0. The molecule has 0 bridgehead atoms. The molecule has 0 spiro atoms. The van der Waals surface area contributed by atoms with Gasteiger partial charge in [0.25, 0.3) is 0 Å². The summed E-state index contributed by atoms with van der Waals surface area (Å²) in [6, 6.07) is 6.21. The fourth-order valence-corrected chi connectivity index (χ4v) is 3.13. The van der Waals surface area contributed by atoms with Gasteiger partial charge < -0.3 is 5.11 Å². The first kappa shape index (κ1) is 14.1. The van der Waals surface area contributed by atoms with Gasteiger partial charge in [-0.1, -0.05) is 42.1 Å². The van der Waals surface area contributed by atoms with Crippen molar-refractivity contribution in [3.05, 3.63) is 33.8 Å². The number of aliphatic hydroxyl groups is 1. The molecule has 0 aromatic heterocycles. The van der Waals surface area contributed by atoms with Crippen molar-refractivity contribution in [3.8, 4) is 0 Å². The van der Waals surface area contributed by atoms with Crippen LogP contribution in [0.4, 0.5) is 0 Å². The summed E-state index contributed by atoms with van der Waals surface area (Å²) in [6.45, 7) is 1.70. The summed E-state index contributed by atoms with van der Waals surface area (Å²) < 4.78 is 0. The number of hydrogen-bond acceptors (Lipinski definition) is 2. The highest BCUT2D eigenvalue weighted by molar-refractivity contribution is 6.35. The number of nitrogens with zero attached hydrogens (tertiary/aromatic N) is 1. The second-order valence-corrected chi connectivity index (χ2v) is 5.71. The van der Waals surface area contributed by atoms with Crippen molar-refractivity contribution >= 4 is 23.2 Å². The van der Waals surface area contributed by atoms with E-state index in [-0.39, 0.29) is 6.61 Å². The van der Waals surface area contributed by atoms with Gasteiger partial charge in [-0.05, 0) is 30.5 Å². The van der Waals surface area contributed by atoms with Gasteiger partial charge in [0.05, 0.1) is 6.61 Å². The molecule has 0 radical (unpaired) electrons. The summed E-state index contributed by atoms with van der Waals surface area (Å²) in [5.41, 5.74) is 1.08. The van der Waals surface area contributed by atoms with E-state index in [0.717, 1.165) is 12.1 Å².